The minimum absolute atomic E-state index is 0.1000. The molecule has 0 aromatic rings. The van der Waals surface area contributed by atoms with Crippen LogP contribution in [0.5, 0.6) is 0 Å². The number of carbonyl (C=O) groups is 3. The lowest BCUT2D eigenvalue weighted by Gasteiger charge is -2.18. The van der Waals surface area contributed by atoms with Crippen molar-refractivity contribution in [1.29, 1.82) is 0 Å². The number of hydrogen-bond acceptors (Lipinski definition) is 6. The molecule has 6 heteroatoms. The average Bonchev–Trinajstić information content (AvgIpc) is 3.33. The minimum atomic E-state index is -0.805. The summed E-state index contributed by atoms with van der Waals surface area (Å²) in [6.45, 7) is 6.35. The summed E-state index contributed by atoms with van der Waals surface area (Å²) < 4.78 is 16.8. The van der Waals surface area contributed by atoms with Crippen LogP contribution in [0.15, 0.2) is 109 Å². The number of hydrogen-bond donors (Lipinski definition) is 0. The zero-order chi connectivity index (χ0) is 48.6. The molecule has 0 aliphatic heterocycles. The predicted molar refractivity (Wildman–Crippen MR) is 288 cm³/mol. The molecule has 0 saturated heterocycles. The molecule has 0 saturated carbocycles. The van der Waals surface area contributed by atoms with E-state index >= 15 is 0 Å². The highest BCUT2D eigenvalue weighted by Crippen LogP contribution is 2.13. The standard InChI is InChI=1S/C61H100O6/c1-4-7-10-13-16-19-22-25-28-30-33-36-39-42-45-48-51-54-60(63)66-57-58(56-65-59(62)53-50-47-44-41-38-35-32-27-24-21-18-15-12-9-6-3)67-61(64)55-52-49-46-43-40-37-34-31-29-26-23-20-17-14-11-8-5-2/h7-8,10-11,16-17,19-21,24-26,28-29,33-34,36-37,58H,4-6,9,12-15,18,22-23,27,30-32,35,38-57H2,1-3H3/b10-7-,11-8-,19-16-,20-17-,24-21-,28-25-,29-26-,36-33-,37-34-/t58-/m0/s1. The van der Waals surface area contributed by atoms with Gasteiger partial charge in [-0.05, 0) is 122 Å². The Labute approximate surface area is 412 Å². The molecular weight excluding hydrogens is 829 g/mol. The summed E-state index contributed by atoms with van der Waals surface area (Å²) in [7, 11) is 0. The lowest BCUT2D eigenvalue weighted by atomic mass is 10.1. The Hall–Kier alpha value is -3.93. The highest BCUT2D eigenvalue weighted by Gasteiger charge is 2.19. The molecule has 0 spiro atoms. The molecule has 0 amide bonds. The maximum Gasteiger partial charge on any atom is 0.306 e. The summed E-state index contributed by atoms with van der Waals surface area (Å²) in [5, 5.41) is 0. The summed E-state index contributed by atoms with van der Waals surface area (Å²) in [4.78, 5) is 38.1. The van der Waals surface area contributed by atoms with Gasteiger partial charge in [-0.15, -0.1) is 0 Å². The maximum absolute atomic E-state index is 12.8. The van der Waals surface area contributed by atoms with E-state index in [2.05, 4.69) is 130 Å². The Morgan fingerprint density at radius 2 is 0.582 bits per heavy atom. The third kappa shape index (κ3) is 52.9. The van der Waals surface area contributed by atoms with E-state index in [1.54, 1.807) is 0 Å². The molecule has 0 fully saturated rings. The molecule has 380 valence electrons. The van der Waals surface area contributed by atoms with E-state index < -0.39 is 6.10 Å². The molecule has 1 atom stereocenters. The smallest absolute Gasteiger partial charge is 0.306 e. The van der Waals surface area contributed by atoms with Crippen molar-refractivity contribution in [3.05, 3.63) is 109 Å². The number of allylic oxidation sites excluding steroid dienone is 18. The van der Waals surface area contributed by atoms with Crippen LogP contribution in [0, 0.1) is 0 Å². The zero-order valence-corrected chi connectivity index (χ0v) is 43.4. The largest absolute Gasteiger partial charge is 0.462 e. The lowest BCUT2D eigenvalue weighted by molar-refractivity contribution is -0.167. The molecule has 0 unspecified atom stereocenters. The second kappa shape index (κ2) is 54.7. The minimum Gasteiger partial charge on any atom is -0.462 e. The summed E-state index contributed by atoms with van der Waals surface area (Å²) in [6.07, 6.45) is 73.5. The fraction of sp³-hybridized carbons (Fsp3) is 0.656. The lowest BCUT2D eigenvalue weighted by Crippen LogP contribution is -2.30. The van der Waals surface area contributed by atoms with Gasteiger partial charge in [0.15, 0.2) is 6.10 Å². The van der Waals surface area contributed by atoms with Crippen LogP contribution in [0.3, 0.4) is 0 Å². The SMILES string of the molecule is CC/C=C\C/C=C\C/C=C\C/C=C\CCCCCCC(=O)OC[C@H](COC(=O)CCCCCCCCC/C=C\CCCCCC)OC(=O)CCCCCC/C=C\C/C=C\C/C=C\C/C=C\CC. The first kappa shape index (κ1) is 63.1. The molecule has 0 rings (SSSR count). The van der Waals surface area contributed by atoms with Gasteiger partial charge in [0.25, 0.3) is 0 Å². The Kier molecular flexibility index (Phi) is 51.5. The molecule has 0 radical (unpaired) electrons. The van der Waals surface area contributed by atoms with Crippen LogP contribution in [0.2, 0.25) is 0 Å². The summed E-state index contributed by atoms with van der Waals surface area (Å²) in [5.41, 5.74) is 0. The van der Waals surface area contributed by atoms with E-state index in [-0.39, 0.29) is 31.1 Å². The Morgan fingerprint density at radius 1 is 0.313 bits per heavy atom. The number of ether oxygens (including phenoxy) is 3. The van der Waals surface area contributed by atoms with Crippen molar-refractivity contribution in [2.45, 2.75) is 245 Å². The molecular formula is C61H100O6. The van der Waals surface area contributed by atoms with E-state index in [0.29, 0.717) is 19.3 Å². The van der Waals surface area contributed by atoms with Crippen LogP contribution in [0.25, 0.3) is 0 Å². The van der Waals surface area contributed by atoms with Crippen molar-refractivity contribution < 1.29 is 28.6 Å². The van der Waals surface area contributed by atoms with Crippen molar-refractivity contribution in [3.8, 4) is 0 Å². The summed E-state index contributed by atoms with van der Waals surface area (Å²) in [6, 6.07) is 0. The van der Waals surface area contributed by atoms with Crippen LogP contribution >= 0.6 is 0 Å². The van der Waals surface area contributed by atoms with Crippen LogP contribution in [-0.2, 0) is 28.6 Å². The van der Waals surface area contributed by atoms with E-state index in [0.717, 1.165) is 135 Å². The van der Waals surface area contributed by atoms with Crippen molar-refractivity contribution in [1.82, 2.24) is 0 Å². The second-order valence-electron chi connectivity index (χ2n) is 17.7. The molecule has 0 heterocycles. The number of carbonyl (C=O) groups excluding carboxylic acids is 3. The third-order valence-electron chi connectivity index (χ3n) is 11.2. The fourth-order valence-electron chi connectivity index (χ4n) is 7.18. The molecule has 6 nitrogen and oxygen atoms in total. The van der Waals surface area contributed by atoms with Crippen LogP contribution in [0.1, 0.15) is 239 Å². The molecule has 67 heavy (non-hydrogen) atoms. The van der Waals surface area contributed by atoms with E-state index in [1.165, 1.54) is 64.2 Å². The third-order valence-corrected chi connectivity index (χ3v) is 11.2. The van der Waals surface area contributed by atoms with Crippen molar-refractivity contribution in [2.24, 2.45) is 0 Å². The highest BCUT2D eigenvalue weighted by atomic mass is 16.6. The summed E-state index contributed by atoms with van der Waals surface area (Å²) in [5.74, 6) is -0.955. The quantitative estimate of drug-likeness (QED) is 0.0262. The fourth-order valence-corrected chi connectivity index (χ4v) is 7.18. The molecule has 0 bridgehead atoms. The van der Waals surface area contributed by atoms with Crippen molar-refractivity contribution in [3.63, 3.8) is 0 Å². The predicted octanol–water partition coefficient (Wildman–Crippen LogP) is 18.3. The number of rotatable bonds is 48. The zero-order valence-electron chi connectivity index (χ0n) is 43.4. The Morgan fingerprint density at radius 3 is 0.925 bits per heavy atom. The van der Waals surface area contributed by atoms with Crippen molar-refractivity contribution in [2.75, 3.05) is 13.2 Å². The topological polar surface area (TPSA) is 78.9 Å². The normalized spacial score (nSPS) is 12.9. The van der Waals surface area contributed by atoms with Gasteiger partial charge in [-0.3, -0.25) is 14.4 Å². The Balaban J connectivity index is 4.50. The van der Waals surface area contributed by atoms with E-state index in [1.807, 2.05) is 0 Å². The number of esters is 3. The molecule has 0 aliphatic rings. The van der Waals surface area contributed by atoms with Gasteiger partial charge >= 0.3 is 17.9 Å². The van der Waals surface area contributed by atoms with Gasteiger partial charge in [0.05, 0.1) is 0 Å². The molecule has 0 aromatic carbocycles. The number of unbranched alkanes of at least 4 members (excludes halogenated alkanes) is 19. The van der Waals surface area contributed by atoms with Gasteiger partial charge in [0, 0.05) is 19.3 Å². The first-order valence-corrected chi connectivity index (χ1v) is 27.4. The van der Waals surface area contributed by atoms with E-state index in [4.69, 9.17) is 14.2 Å². The van der Waals surface area contributed by atoms with Gasteiger partial charge in [-0.2, -0.15) is 0 Å². The van der Waals surface area contributed by atoms with Crippen LogP contribution < -0.4 is 0 Å². The van der Waals surface area contributed by atoms with Gasteiger partial charge < -0.3 is 14.2 Å². The monoisotopic (exact) mass is 929 g/mol. The second-order valence-corrected chi connectivity index (χ2v) is 17.7. The van der Waals surface area contributed by atoms with Gasteiger partial charge in [-0.1, -0.05) is 207 Å². The maximum atomic E-state index is 12.8. The molecule has 0 N–H and O–H groups in total. The first-order valence-electron chi connectivity index (χ1n) is 27.4. The van der Waals surface area contributed by atoms with E-state index in [9.17, 15) is 14.4 Å². The summed E-state index contributed by atoms with van der Waals surface area (Å²) >= 11 is 0. The van der Waals surface area contributed by atoms with Gasteiger partial charge in [0.2, 0.25) is 0 Å². The first-order chi connectivity index (χ1) is 33.0. The van der Waals surface area contributed by atoms with Crippen molar-refractivity contribution >= 4 is 17.9 Å². The average molecular weight is 929 g/mol. The van der Waals surface area contributed by atoms with Crippen LogP contribution in [-0.4, -0.2) is 37.2 Å². The molecule has 0 aliphatic carbocycles. The van der Waals surface area contributed by atoms with Crippen LogP contribution in [0.4, 0.5) is 0 Å². The van der Waals surface area contributed by atoms with Gasteiger partial charge in [0.1, 0.15) is 13.2 Å². The Bertz CT molecular complexity index is 1390. The molecule has 0 aromatic heterocycles. The van der Waals surface area contributed by atoms with Gasteiger partial charge in [-0.25, -0.2) is 0 Å². The highest BCUT2D eigenvalue weighted by molar-refractivity contribution is 5.71.